The third-order valence-electron chi connectivity index (χ3n) is 3.93. The quantitative estimate of drug-likeness (QED) is 0.442. The van der Waals surface area contributed by atoms with Crippen LogP contribution in [-0.2, 0) is 4.79 Å². The number of aromatic nitrogens is 2. The minimum Gasteiger partial charge on any atom is -0.325 e. The number of thioether (sulfide) groups is 1. The Balaban J connectivity index is 1.50. The van der Waals surface area contributed by atoms with Crippen molar-refractivity contribution in [2.24, 2.45) is 0 Å². The standard InChI is InChI=1S/C21H17FN4O3S/c1-13(27)14-6-8-15(9-7-14)23-19(28)12-30-20-11-10-18(25-26-20)24-21(29)16-4-2-3-5-17(16)22/h2-11H,12H2,1H3,(H,23,28)(H,24,25,29). The molecule has 0 saturated heterocycles. The van der Waals surface area contributed by atoms with Crippen LogP contribution in [0.4, 0.5) is 15.9 Å². The van der Waals surface area contributed by atoms with E-state index in [1.165, 1.54) is 43.0 Å². The number of Topliss-reactive ketones (excluding diaryl/α,β-unsaturated/α-hetero) is 1. The number of nitrogens with zero attached hydrogens (tertiary/aromatic N) is 2. The Labute approximate surface area is 176 Å². The lowest BCUT2D eigenvalue weighted by atomic mass is 10.1. The first-order valence-electron chi connectivity index (χ1n) is 8.85. The summed E-state index contributed by atoms with van der Waals surface area (Å²) >= 11 is 1.17. The second-order valence-corrected chi connectivity index (χ2v) is 7.16. The largest absolute Gasteiger partial charge is 0.325 e. The number of hydrogen-bond acceptors (Lipinski definition) is 6. The fourth-order valence-corrected chi connectivity index (χ4v) is 3.03. The monoisotopic (exact) mass is 424 g/mol. The molecule has 3 rings (SSSR count). The van der Waals surface area contributed by atoms with Crippen LogP contribution in [-0.4, -0.2) is 33.5 Å². The van der Waals surface area contributed by atoms with Crippen LogP contribution >= 0.6 is 11.8 Å². The predicted octanol–water partition coefficient (Wildman–Crippen LogP) is 3.80. The van der Waals surface area contributed by atoms with E-state index in [0.29, 0.717) is 16.3 Å². The molecule has 2 aromatic carbocycles. The SMILES string of the molecule is CC(=O)c1ccc(NC(=O)CSc2ccc(NC(=O)c3ccccc3F)nn2)cc1. The van der Waals surface area contributed by atoms with Crippen molar-refractivity contribution in [1.82, 2.24) is 10.2 Å². The number of rotatable bonds is 7. The van der Waals surface area contributed by atoms with Gasteiger partial charge < -0.3 is 10.6 Å². The lowest BCUT2D eigenvalue weighted by molar-refractivity contribution is -0.113. The number of amides is 2. The molecule has 9 heteroatoms. The summed E-state index contributed by atoms with van der Waals surface area (Å²) in [7, 11) is 0. The summed E-state index contributed by atoms with van der Waals surface area (Å²) in [5.41, 5.74) is 1.06. The topological polar surface area (TPSA) is 101 Å². The maximum atomic E-state index is 13.6. The van der Waals surface area contributed by atoms with Gasteiger partial charge in [0.15, 0.2) is 11.6 Å². The molecule has 0 aliphatic carbocycles. The molecule has 0 radical (unpaired) electrons. The zero-order valence-electron chi connectivity index (χ0n) is 15.9. The molecule has 2 N–H and O–H groups in total. The van der Waals surface area contributed by atoms with Crippen LogP contribution in [0.1, 0.15) is 27.6 Å². The van der Waals surface area contributed by atoms with Gasteiger partial charge in [0.2, 0.25) is 5.91 Å². The van der Waals surface area contributed by atoms with Gasteiger partial charge in [-0.1, -0.05) is 23.9 Å². The third-order valence-corrected chi connectivity index (χ3v) is 4.85. The maximum absolute atomic E-state index is 13.6. The lowest BCUT2D eigenvalue weighted by Crippen LogP contribution is -2.15. The van der Waals surface area contributed by atoms with Crippen molar-refractivity contribution in [3.05, 3.63) is 77.6 Å². The number of carbonyl (C=O) groups excluding carboxylic acids is 3. The van der Waals surface area contributed by atoms with E-state index in [-0.39, 0.29) is 28.8 Å². The van der Waals surface area contributed by atoms with E-state index in [1.54, 1.807) is 36.4 Å². The number of ketones is 1. The van der Waals surface area contributed by atoms with Crippen LogP contribution in [0.2, 0.25) is 0 Å². The average molecular weight is 424 g/mol. The van der Waals surface area contributed by atoms with Crippen LogP contribution in [0.3, 0.4) is 0 Å². The highest BCUT2D eigenvalue weighted by Crippen LogP contribution is 2.17. The van der Waals surface area contributed by atoms with E-state index in [4.69, 9.17) is 0 Å². The number of nitrogens with one attached hydrogen (secondary N) is 2. The summed E-state index contributed by atoms with van der Waals surface area (Å²) in [6.07, 6.45) is 0. The van der Waals surface area contributed by atoms with Crippen LogP contribution in [0.5, 0.6) is 0 Å². The Bertz CT molecular complexity index is 1070. The van der Waals surface area contributed by atoms with Gasteiger partial charge in [-0.2, -0.15) is 0 Å². The number of hydrogen-bond donors (Lipinski definition) is 2. The number of halogens is 1. The van der Waals surface area contributed by atoms with E-state index < -0.39 is 11.7 Å². The Morgan fingerprint density at radius 1 is 0.933 bits per heavy atom. The zero-order valence-corrected chi connectivity index (χ0v) is 16.7. The molecule has 30 heavy (non-hydrogen) atoms. The van der Waals surface area contributed by atoms with E-state index in [0.717, 1.165) is 0 Å². The molecule has 0 spiro atoms. The molecule has 0 unspecified atom stereocenters. The van der Waals surface area contributed by atoms with Crippen molar-refractivity contribution < 1.29 is 18.8 Å². The highest BCUT2D eigenvalue weighted by molar-refractivity contribution is 7.99. The second-order valence-electron chi connectivity index (χ2n) is 6.16. The van der Waals surface area contributed by atoms with Crippen molar-refractivity contribution in [3.63, 3.8) is 0 Å². The molecule has 0 saturated carbocycles. The number of carbonyl (C=O) groups is 3. The van der Waals surface area contributed by atoms with E-state index in [1.807, 2.05) is 0 Å². The summed E-state index contributed by atoms with van der Waals surface area (Å²) in [6, 6.07) is 15.4. The molecule has 0 fully saturated rings. The van der Waals surface area contributed by atoms with Crippen LogP contribution in [0, 0.1) is 5.82 Å². The van der Waals surface area contributed by atoms with Crippen LogP contribution in [0.15, 0.2) is 65.7 Å². The van der Waals surface area contributed by atoms with Gasteiger partial charge in [0.05, 0.1) is 11.3 Å². The van der Waals surface area contributed by atoms with Crippen molar-refractivity contribution in [2.75, 3.05) is 16.4 Å². The van der Waals surface area contributed by atoms with E-state index in [2.05, 4.69) is 20.8 Å². The summed E-state index contributed by atoms with van der Waals surface area (Å²) in [4.78, 5) is 35.4. The van der Waals surface area contributed by atoms with Gasteiger partial charge >= 0.3 is 0 Å². The Kier molecular flexibility index (Phi) is 6.87. The van der Waals surface area contributed by atoms with Crippen molar-refractivity contribution >= 4 is 40.9 Å². The summed E-state index contributed by atoms with van der Waals surface area (Å²) in [5.74, 6) is -1.27. The van der Waals surface area contributed by atoms with Crippen molar-refractivity contribution in [3.8, 4) is 0 Å². The van der Waals surface area contributed by atoms with E-state index in [9.17, 15) is 18.8 Å². The van der Waals surface area contributed by atoms with Gasteiger partial charge in [-0.15, -0.1) is 10.2 Å². The minimum absolute atomic E-state index is 0.0458. The molecule has 2 amide bonds. The lowest BCUT2D eigenvalue weighted by Gasteiger charge is -2.06. The van der Waals surface area contributed by atoms with Crippen LogP contribution < -0.4 is 10.6 Å². The Morgan fingerprint density at radius 3 is 2.30 bits per heavy atom. The van der Waals surface area contributed by atoms with Crippen molar-refractivity contribution in [1.29, 1.82) is 0 Å². The Hall–Kier alpha value is -3.59. The Morgan fingerprint density at radius 2 is 1.67 bits per heavy atom. The first kappa shape index (κ1) is 21.1. The first-order valence-corrected chi connectivity index (χ1v) is 9.84. The van der Waals surface area contributed by atoms with Gasteiger partial charge in [-0.05, 0) is 55.5 Å². The fraction of sp³-hybridized carbons (Fsp3) is 0.0952. The fourth-order valence-electron chi connectivity index (χ4n) is 2.42. The van der Waals surface area contributed by atoms with Crippen molar-refractivity contribution in [2.45, 2.75) is 11.9 Å². The number of benzene rings is 2. The van der Waals surface area contributed by atoms with Crippen LogP contribution in [0.25, 0.3) is 0 Å². The normalized spacial score (nSPS) is 10.3. The molecule has 1 aromatic heterocycles. The first-order chi connectivity index (χ1) is 14.4. The third kappa shape index (κ3) is 5.71. The molecule has 152 valence electrons. The molecule has 0 bridgehead atoms. The van der Waals surface area contributed by atoms with Gasteiger partial charge in [0.25, 0.3) is 5.91 Å². The highest BCUT2D eigenvalue weighted by Gasteiger charge is 2.12. The molecule has 0 atom stereocenters. The molecule has 1 heterocycles. The van der Waals surface area contributed by atoms with E-state index >= 15 is 0 Å². The second kappa shape index (κ2) is 9.75. The molecule has 0 aliphatic rings. The summed E-state index contributed by atoms with van der Waals surface area (Å²) in [6.45, 7) is 1.47. The highest BCUT2D eigenvalue weighted by atomic mass is 32.2. The summed E-state index contributed by atoms with van der Waals surface area (Å²) < 4.78 is 13.6. The zero-order chi connectivity index (χ0) is 21.5. The molecule has 3 aromatic rings. The molecule has 0 aliphatic heterocycles. The average Bonchev–Trinajstić information content (AvgIpc) is 2.74. The predicted molar refractivity (Wildman–Crippen MR) is 112 cm³/mol. The van der Waals surface area contributed by atoms with Gasteiger partial charge in [0.1, 0.15) is 10.8 Å². The maximum Gasteiger partial charge on any atom is 0.259 e. The molecular formula is C21H17FN4O3S. The van der Waals surface area contributed by atoms with Gasteiger partial charge in [-0.3, -0.25) is 14.4 Å². The van der Waals surface area contributed by atoms with Gasteiger partial charge in [-0.25, -0.2) is 4.39 Å². The number of anilines is 2. The van der Waals surface area contributed by atoms with Gasteiger partial charge in [0, 0.05) is 11.3 Å². The molecule has 7 nitrogen and oxygen atoms in total. The smallest absolute Gasteiger partial charge is 0.259 e. The minimum atomic E-state index is -0.628. The molecular weight excluding hydrogens is 407 g/mol. The summed E-state index contributed by atoms with van der Waals surface area (Å²) in [5, 5.41) is 13.5.